The number of thioether (sulfide) groups is 1. The Labute approximate surface area is 104 Å². The molecule has 1 aliphatic heterocycles. The number of hydrogen-bond acceptors (Lipinski definition) is 3. The first kappa shape index (κ1) is 11.9. The fourth-order valence-corrected chi connectivity index (χ4v) is 2.58. The van der Waals surface area contributed by atoms with Gasteiger partial charge in [0.2, 0.25) is 5.91 Å². The van der Waals surface area contributed by atoms with Gasteiger partial charge in [0.25, 0.3) is 0 Å². The van der Waals surface area contributed by atoms with Crippen LogP contribution in [-0.2, 0) is 4.79 Å². The lowest BCUT2D eigenvalue weighted by atomic mass is 10.1. The summed E-state index contributed by atoms with van der Waals surface area (Å²) in [6, 6.07) is 7.45. The van der Waals surface area contributed by atoms with E-state index in [9.17, 15) is 9.59 Å². The smallest absolute Gasteiger partial charge is 0.237 e. The molecule has 0 N–H and O–H groups in total. The Kier molecular flexibility index (Phi) is 3.33. The van der Waals surface area contributed by atoms with E-state index in [0.717, 1.165) is 10.6 Å². The van der Waals surface area contributed by atoms with Gasteiger partial charge in [-0.25, -0.2) is 0 Å². The Morgan fingerprint density at radius 2 is 2.12 bits per heavy atom. The van der Waals surface area contributed by atoms with Crippen molar-refractivity contribution in [1.29, 1.82) is 0 Å². The molecule has 0 unspecified atom stereocenters. The van der Waals surface area contributed by atoms with Crippen molar-refractivity contribution in [3.63, 3.8) is 0 Å². The molecular weight excluding hydrogens is 234 g/mol. The second-order valence-corrected chi connectivity index (χ2v) is 4.90. The van der Waals surface area contributed by atoms with Gasteiger partial charge in [0, 0.05) is 18.7 Å². The third-order valence-corrected chi connectivity index (χ3v) is 3.79. The van der Waals surface area contributed by atoms with Crippen molar-refractivity contribution >= 4 is 23.5 Å². The first-order chi connectivity index (χ1) is 8.09. The van der Waals surface area contributed by atoms with E-state index in [1.165, 1.54) is 22.7 Å². The molecule has 0 atom stereocenters. The van der Waals surface area contributed by atoms with Crippen molar-refractivity contribution in [2.45, 2.75) is 6.92 Å². The molecule has 0 bridgehead atoms. The number of amides is 1. The first-order valence-electron chi connectivity index (χ1n) is 5.30. The van der Waals surface area contributed by atoms with Crippen LogP contribution in [0, 0.1) is 6.92 Å². The Morgan fingerprint density at radius 3 is 2.71 bits per heavy atom. The fourth-order valence-electron chi connectivity index (χ4n) is 1.63. The molecule has 1 saturated heterocycles. The summed E-state index contributed by atoms with van der Waals surface area (Å²) in [7, 11) is 1.69. The maximum Gasteiger partial charge on any atom is 0.237 e. The molecule has 0 aliphatic carbocycles. The average Bonchev–Trinajstić information content (AvgIpc) is 2.61. The van der Waals surface area contributed by atoms with Gasteiger partial charge in [-0.15, -0.1) is 0 Å². The molecule has 1 aromatic carbocycles. The van der Waals surface area contributed by atoms with Crippen LogP contribution in [0.1, 0.15) is 15.9 Å². The van der Waals surface area contributed by atoms with E-state index < -0.39 is 0 Å². The molecule has 0 radical (unpaired) electrons. The maximum absolute atomic E-state index is 12.0. The van der Waals surface area contributed by atoms with E-state index in [4.69, 9.17) is 0 Å². The second-order valence-electron chi connectivity index (χ2n) is 3.90. The highest BCUT2D eigenvalue weighted by Crippen LogP contribution is 2.27. The number of carbonyl (C=O) groups is 2. The van der Waals surface area contributed by atoms with Crippen molar-refractivity contribution in [2.24, 2.45) is 0 Å². The minimum absolute atomic E-state index is 0.0406. The molecule has 0 spiro atoms. The lowest BCUT2D eigenvalue weighted by Gasteiger charge is -2.09. The molecule has 17 heavy (non-hydrogen) atoms. The van der Waals surface area contributed by atoms with Crippen LogP contribution in [-0.4, -0.2) is 29.4 Å². The average molecular weight is 247 g/mol. The Hall–Kier alpha value is -1.55. The van der Waals surface area contributed by atoms with Crippen LogP contribution >= 0.6 is 11.8 Å². The van der Waals surface area contributed by atoms with E-state index >= 15 is 0 Å². The van der Waals surface area contributed by atoms with Crippen LogP contribution in [0.25, 0.3) is 0 Å². The first-order valence-corrected chi connectivity index (χ1v) is 6.29. The molecule has 4 heteroatoms. The predicted molar refractivity (Wildman–Crippen MR) is 68.8 cm³/mol. The normalized spacial score (nSPS) is 17.9. The fraction of sp³-hybridized carbons (Fsp3) is 0.231. The number of carbonyl (C=O) groups excluding carboxylic acids is 2. The largest absolute Gasteiger partial charge is 0.309 e. The molecule has 0 saturated carbocycles. The number of allylic oxidation sites excluding steroid dienone is 1. The van der Waals surface area contributed by atoms with Gasteiger partial charge in [0.1, 0.15) is 0 Å². The zero-order chi connectivity index (χ0) is 12.4. The third-order valence-electron chi connectivity index (χ3n) is 2.71. The Balaban J connectivity index is 2.26. The monoisotopic (exact) mass is 247 g/mol. The number of ketones is 1. The van der Waals surface area contributed by atoms with Gasteiger partial charge in [-0.3, -0.25) is 9.59 Å². The van der Waals surface area contributed by atoms with Gasteiger partial charge in [0.05, 0.1) is 10.8 Å². The molecule has 3 nitrogen and oxygen atoms in total. The van der Waals surface area contributed by atoms with Crippen LogP contribution in [0.2, 0.25) is 0 Å². The van der Waals surface area contributed by atoms with Crippen molar-refractivity contribution in [3.8, 4) is 0 Å². The van der Waals surface area contributed by atoms with Crippen LogP contribution in [0.3, 0.4) is 0 Å². The summed E-state index contributed by atoms with van der Waals surface area (Å²) in [4.78, 5) is 24.9. The van der Waals surface area contributed by atoms with Gasteiger partial charge in [-0.05, 0) is 12.5 Å². The highest BCUT2D eigenvalue weighted by Gasteiger charge is 2.23. The summed E-state index contributed by atoms with van der Waals surface area (Å²) in [6.07, 6.45) is 1.54. The Bertz CT molecular complexity index is 508. The SMILES string of the molecule is Cc1ccccc1C(=O)/C=C1\SCC(=O)N1C. The number of rotatable bonds is 2. The zero-order valence-corrected chi connectivity index (χ0v) is 10.6. The van der Waals surface area contributed by atoms with Crippen molar-refractivity contribution < 1.29 is 9.59 Å². The van der Waals surface area contributed by atoms with Crippen LogP contribution < -0.4 is 0 Å². The standard InChI is InChI=1S/C13H13NO2S/c1-9-5-3-4-6-10(9)11(15)7-13-14(2)12(16)8-17-13/h3-7H,8H2,1-2H3/b13-7-. The molecule has 1 amide bonds. The number of aryl methyl sites for hydroxylation is 1. The molecule has 0 aromatic heterocycles. The van der Waals surface area contributed by atoms with E-state index in [0.29, 0.717) is 11.3 Å². The van der Waals surface area contributed by atoms with Gasteiger partial charge in [-0.2, -0.15) is 0 Å². The zero-order valence-electron chi connectivity index (χ0n) is 9.77. The minimum atomic E-state index is -0.0489. The topological polar surface area (TPSA) is 37.4 Å². The van der Waals surface area contributed by atoms with Crippen molar-refractivity contribution in [2.75, 3.05) is 12.8 Å². The van der Waals surface area contributed by atoms with Crippen LogP contribution in [0.4, 0.5) is 0 Å². The van der Waals surface area contributed by atoms with Gasteiger partial charge < -0.3 is 4.90 Å². The summed E-state index contributed by atoms with van der Waals surface area (Å²) in [6.45, 7) is 1.91. The highest BCUT2D eigenvalue weighted by atomic mass is 32.2. The summed E-state index contributed by atoms with van der Waals surface area (Å²) < 4.78 is 0. The maximum atomic E-state index is 12.0. The van der Waals surface area contributed by atoms with Crippen molar-refractivity contribution in [1.82, 2.24) is 4.90 Å². The summed E-state index contributed by atoms with van der Waals surface area (Å²) in [5.41, 5.74) is 1.64. The van der Waals surface area contributed by atoms with E-state index in [-0.39, 0.29) is 11.7 Å². The van der Waals surface area contributed by atoms with E-state index in [1.54, 1.807) is 13.1 Å². The van der Waals surface area contributed by atoms with Crippen LogP contribution in [0.5, 0.6) is 0 Å². The summed E-state index contributed by atoms with van der Waals surface area (Å²) in [5.74, 6) is 0.412. The quantitative estimate of drug-likeness (QED) is 0.594. The molecule has 2 rings (SSSR count). The molecule has 1 aromatic rings. The van der Waals surface area contributed by atoms with Crippen molar-refractivity contribution in [3.05, 3.63) is 46.5 Å². The number of benzene rings is 1. The molecule has 1 fully saturated rings. The van der Waals surface area contributed by atoms with E-state index in [1.807, 2.05) is 25.1 Å². The lowest BCUT2D eigenvalue weighted by molar-refractivity contribution is -0.124. The van der Waals surface area contributed by atoms with Crippen LogP contribution in [0.15, 0.2) is 35.4 Å². The third kappa shape index (κ3) is 2.42. The second kappa shape index (κ2) is 4.75. The minimum Gasteiger partial charge on any atom is -0.309 e. The molecular formula is C13H13NO2S. The predicted octanol–water partition coefficient (Wildman–Crippen LogP) is 2.22. The van der Waals surface area contributed by atoms with Gasteiger partial charge in [0.15, 0.2) is 5.78 Å². The number of hydrogen-bond donors (Lipinski definition) is 0. The molecule has 88 valence electrons. The lowest BCUT2D eigenvalue weighted by Crippen LogP contribution is -2.19. The van der Waals surface area contributed by atoms with Gasteiger partial charge in [-0.1, -0.05) is 36.0 Å². The molecule has 1 aliphatic rings. The molecule has 1 heterocycles. The Morgan fingerprint density at radius 1 is 1.41 bits per heavy atom. The summed E-state index contributed by atoms with van der Waals surface area (Å²) >= 11 is 1.40. The van der Waals surface area contributed by atoms with Gasteiger partial charge >= 0.3 is 0 Å². The summed E-state index contributed by atoms with van der Waals surface area (Å²) in [5, 5.41) is 0.725. The number of nitrogens with zero attached hydrogens (tertiary/aromatic N) is 1. The highest BCUT2D eigenvalue weighted by molar-refractivity contribution is 8.04. The van der Waals surface area contributed by atoms with E-state index in [2.05, 4.69) is 0 Å².